The molecule has 0 bridgehead atoms. The van der Waals surface area contributed by atoms with Gasteiger partial charge in [0.1, 0.15) is 5.75 Å². The summed E-state index contributed by atoms with van der Waals surface area (Å²) in [7, 11) is -4.01. The van der Waals surface area contributed by atoms with Gasteiger partial charge in [0.2, 0.25) is 14.9 Å². The highest BCUT2D eigenvalue weighted by atomic mass is 32.2. The molecule has 4 aromatic rings. The Balaban J connectivity index is 1.86. The van der Waals surface area contributed by atoms with Gasteiger partial charge in [-0.05, 0) is 44.0 Å². The minimum atomic E-state index is -4.01. The first kappa shape index (κ1) is 20.6. The topological polar surface area (TPSA) is 130 Å². The molecule has 0 saturated carbocycles. The standard InChI is InChI=1S/C21H19N5O4S/c1-13-5-8-18(14(2)11-13)31(28,29)21-19-23-20(27)16-7-6-15(30-10-4-3-9-22)12-17(16)26(19)25-24-21/h5-8,11-12H,3-4,10H2,1-2H3,(H,23,27). The number of aromatic amines is 1. The Labute approximate surface area is 177 Å². The van der Waals surface area contributed by atoms with Crippen molar-refractivity contribution in [3.05, 3.63) is 57.9 Å². The summed E-state index contributed by atoms with van der Waals surface area (Å²) >= 11 is 0. The fourth-order valence-electron chi connectivity index (χ4n) is 3.41. The van der Waals surface area contributed by atoms with Crippen molar-refractivity contribution in [3.63, 3.8) is 0 Å². The van der Waals surface area contributed by atoms with Crippen molar-refractivity contribution >= 4 is 26.4 Å². The van der Waals surface area contributed by atoms with Crippen LogP contribution in [-0.4, -0.2) is 34.8 Å². The van der Waals surface area contributed by atoms with Gasteiger partial charge in [-0.3, -0.25) is 4.79 Å². The predicted molar refractivity (Wildman–Crippen MR) is 113 cm³/mol. The Kier molecular flexibility index (Phi) is 5.20. The van der Waals surface area contributed by atoms with Gasteiger partial charge in [-0.2, -0.15) is 9.78 Å². The van der Waals surface area contributed by atoms with E-state index < -0.39 is 15.4 Å². The number of fused-ring (bicyclic) bond motifs is 3. The van der Waals surface area contributed by atoms with E-state index in [0.717, 1.165) is 5.56 Å². The number of rotatable bonds is 6. The third-order valence-electron chi connectivity index (χ3n) is 4.89. The Morgan fingerprint density at radius 3 is 2.74 bits per heavy atom. The maximum Gasteiger partial charge on any atom is 0.259 e. The SMILES string of the molecule is Cc1ccc(S(=O)(=O)c2nnn3c2[nH]c(=O)c2ccc(OCCCC#N)cc23)c(C)c1. The summed E-state index contributed by atoms with van der Waals surface area (Å²) in [5.41, 5.74) is 1.41. The number of hydrogen-bond donors (Lipinski definition) is 1. The Morgan fingerprint density at radius 1 is 1.19 bits per heavy atom. The number of hydrogen-bond acceptors (Lipinski definition) is 7. The molecule has 2 aromatic carbocycles. The summed E-state index contributed by atoms with van der Waals surface area (Å²) < 4.78 is 33.5. The minimum Gasteiger partial charge on any atom is -0.493 e. The van der Waals surface area contributed by atoms with Gasteiger partial charge in [-0.1, -0.05) is 22.9 Å². The second-order valence-electron chi connectivity index (χ2n) is 7.17. The molecular weight excluding hydrogens is 418 g/mol. The monoisotopic (exact) mass is 437 g/mol. The molecule has 1 N–H and O–H groups in total. The van der Waals surface area contributed by atoms with Gasteiger partial charge >= 0.3 is 0 Å². The lowest BCUT2D eigenvalue weighted by molar-refractivity contribution is 0.313. The van der Waals surface area contributed by atoms with E-state index in [1.54, 1.807) is 37.3 Å². The number of aromatic nitrogens is 4. The molecule has 31 heavy (non-hydrogen) atoms. The largest absolute Gasteiger partial charge is 0.493 e. The van der Waals surface area contributed by atoms with Crippen LogP contribution in [0, 0.1) is 25.2 Å². The average molecular weight is 437 g/mol. The third-order valence-corrected chi connectivity index (χ3v) is 6.71. The van der Waals surface area contributed by atoms with Gasteiger partial charge in [0.25, 0.3) is 5.56 Å². The number of H-pyrrole nitrogens is 1. The van der Waals surface area contributed by atoms with Gasteiger partial charge in [0.05, 0.1) is 28.5 Å². The molecule has 0 radical (unpaired) electrons. The van der Waals surface area contributed by atoms with Gasteiger partial charge in [0, 0.05) is 12.5 Å². The van der Waals surface area contributed by atoms with Crippen molar-refractivity contribution in [2.75, 3.05) is 6.61 Å². The summed E-state index contributed by atoms with van der Waals surface area (Å²) in [5.74, 6) is 0.478. The number of nitriles is 1. The van der Waals surface area contributed by atoms with Gasteiger partial charge < -0.3 is 9.72 Å². The molecule has 4 rings (SSSR count). The predicted octanol–water partition coefficient (Wildman–Crippen LogP) is 2.70. The number of aryl methyl sites for hydroxylation is 2. The molecule has 2 aromatic heterocycles. The van der Waals surface area contributed by atoms with Crippen molar-refractivity contribution in [1.82, 2.24) is 19.8 Å². The number of sulfone groups is 1. The molecule has 10 heteroatoms. The van der Waals surface area contributed by atoms with Crippen LogP contribution < -0.4 is 10.3 Å². The molecule has 0 amide bonds. The van der Waals surface area contributed by atoms with Crippen LogP contribution in [-0.2, 0) is 9.84 Å². The first-order valence-corrected chi connectivity index (χ1v) is 11.0. The second-order valence-corrected chi connectivity index (χ2v) is 9.00. The molecule has 0 unspecified atom stereocenters. The summed E-state index contributed by atoms with van der Waals surface area (Å²) in [6.45, 7) is 3.93. The lowest BCUT2D eigenvalue weighted by Crippen LogP contribution is -2.12. The van der Waals surface area contributed by atoms with Crippen LogP contribution in [0.15, 0.2) is 51.1 Å². The minimum absolute atomic E-state index is 0.0147. The first-order valence-electron chi connectivity index (χ1n) is 9.56. The quantitative estimate of drug-likeness (QED) is 0.459. The Hall–Kier alpha value is -3.71. The average Bonchev–Trinajstić information content (AvgIpc) is 3.16. The number of nitrogens with zero attached hydrogens (tertiary/aromatic N) is 4. The smallest absolute Gasteiger partial charge is 0.259 e. The normalized spacial score (nSPS) is 11.6. The fourth-order valence-corrected chi connectivity index (χ4v) is 4.89. The Bertz CT molecular complexity index is 1510. The Morgan fingerprint density at radius 2 is 2.00 bits per heavy atom. The van der Waals surface area contributed by atoms with Gasteiger partial charge in [-0.15, -0.1) is 5.10 Å². The van der Waals surface area contributed by atoms with Crippen molar-refractivity contribution < 1.29 is 13.2 Å². The third kappa shape index (κ3) is 3.64. The second kappa shape index (κ2) is 7.85. The number of nitrogens with one attached hydrogen (secondary N) is 1. The molecule has 0 fully saturated rings. The zero-order chi connectivity index (χ0) is 22.2. The lowest BCUT2D eigenvalue weighted by Gasteiger charge is -2.08. The molecule has 2 heterocycles. The fraction of sp³-hybridized carbons (Fsp3) is 0.238. The maximum atomic E-state index is 13.3. The molecule has 0 atom stereocenters. The summed E-state index contributed by atoms with van der Waals surface area (Å²) in [6.07, 6.45) is 0.946. The van der Waals surface area contributed by atoms with Crippen molar-refractivity contribution in [3.8, 4) is 11.8 Å². The highest BCUT2D eigenvalue weighted by Gasteiger charge is 2.27. The molecule has 0 spiro atoms. The van der Waals surface area contributed by atoms with Gasteiger partial charge in [-0.25, -0.2) is 8.42 Å². The van der Waals surface area contributed by atoms with E-state index in [2.05, 4.69) is 15.3 Å². The summed E-state index contributed by atoms with van der Waals surface area (Å²) in [5, 5.41) is 16.5. The van der Waals surface area contributed by atoms with Crippen molar-refractivity contribution in [2.45, 2.75) is 36.6 Å². The summed E-state index contributed by atoms with van der Waals surface area (Å²) in [6, 6.07) is 11.9. The van der Waals surface area contributed by atoms with E-state index in [4.69, 9.17) is 10.00 Å². The lowest BCUT2D eigenvalue weighted by atomic mass is 10.2. The van der Waals surface area contributed by atoms with E-state index in [9.17, 15) is 13.2 Å². The van der Waals surface area contributed by atoms with Crippen LogP contribution in [0.3, 0.4) is 0 Å². The van der Waals surface area contributed by atoms with Crippen molar-refractivity contribution in [2.24, 2.45) is 0 Å². The van der Waals surface area contributed by atoms with E-state index in [1.807, 2.05) is 13.0 Å². The van der Waals surface area contributed by atoms with Crippen LogP contribution in [0.1, 0.15) is 24.0 Å². The highest BCUT2D eigenvalue weighted by molar-refractivity contribution is 7.91. The van der Waals surface area contributed by atoms with Crippen LogP contribution in [0.25, 0.3) is 16.6 Å². The van der Waals surface area contributed by atoms with E-state index >= 15 is 0 Å². The summed E-state index contributed by atoms with van der Waals surface area (Å²) in [4.78, 5) is 15.3. The molecule has 0 aliphatic rings. The van der Waals surface area contributed by atoms with E-state index in [-0.39, 0.29) is 15.6 Å². The molecule has 158 valence electrons. The van der Waals surface area contributed by atoms with E-state index in [1.165, 1.54) is 10.6 Å². The zero-order valence-corrected chi connectivity index (χ0v) is 17.7. The van der Waals surface area contributed by atoms with Crippen LogP contribution >= 0.6 is 0 Å². The van der Waals surface area contributed by atoms with Crippen LogP contribution in [0.5, 0.6) is 5.75 Å². The molecule has 9 nitrogen and oxygen atoms in total. The molecule has 0 aliphatic carbocycles. The molecular formula is C21H19N5O4S. The first-order chi connectivity index (χ1) is 14.8. The van der Waals surface area contributed by atoms with Crippen LogP contribution in [0.2, 0.25) is 0 Å². The van der Waals surface area contributed by atoms with E-state index in [0.29, 0.717) is 41.7 Å². The zero-order valence-electron chi connectivity index (χ0n) is 16.9. The van der Waals surface area contributed by atoms with Gasteiger partial charge in [0.15, 0.2) is 5.65 Å². The maximum absolute atomic E-state index is 13.3. The van der Waals surface area contributed by atoms with Crippen LogP contribution in [0.4, 0.5) is 0 Å². The highest BCUT2D eigenvalue weighted by Crippen LogP contribution is 2.27. The number of ether oxygens (including phenoxy) is 1. The van der Waals surface area contributed by atoms with Crippen molar-refractivity contribution in [1.29, 1.82) is 5.26 Å². The number of unbranched alkanes of at least 4 members (excludes halogenated alkanes) is 1. The molecule has 0 aliphatic heterocycles. The number of benzene rings is 2. The molecule has 0 saturated heterocycles.